The molecule has 1 atom stereocenters. The summed E-state index contributed by atoms with van der Waals surface area (Å²) in [4.78, 5) is 25.7. The molecule has 0 aliphatic carbocycles. The maximum atomic E-state index is 11.7. The van der Waals surface area contributed by atoms with E-state index in [0.29, 0.717) is 5.75 Å². The van der Waals surface area contributed by atoms with Crippen molar-refractivity contribution in [2.24, 2.45) is 0 Å². The number of rotatable bonds is 5. The molecule has 0 saturated carbocycles. The lowest BCUT2D eigenvalue weighted by Crippen LogP contribution is -2.40. The largest absolute Gasteiger partial charge is 0.491 e. The molecule has 1 saturated heterocycles. The van der Waals surface area contributed by atoms with Crippen LogP contribution in [0.25, 0.3) is 0 Å². The predicted molar refractivity (Wildman–Crippen MR) is 77.2 cm³/mol. The van der Waals surface area contributed by atoms with Crippen LogP contribution >= 0.6 is 0 Å². The smallest absolute Gasteiger partial charge is 0.327 e. The fraction of sp³-hybridized carbons (Fsp3) is 0.467. The van der Waals surface area contributed by atoms with E-state index in [-0.39, 0.29) is 31.6 Å². The van der Waals surface area contributed by atoms with Gasteiger partial charge in [0.15, 0.2) is 0 Å². The number of benzene rings is 1. The van der Waals surface area contributed by atoms with E-state index < -0.39 is 6.10 Å². The number of imide groups is 1. The van der Waals surface area contributed by atoms with E-state index in [9.17, 15) is 14.7 Å². The molecule has 0 spiro atoms. The van der Waals surface area contributed by atoms with Crippen LogP contribution in [0.2, 0.25) is 0 Å². The van der Waals surface area contributed by atoms with Crippen LogP contribution in [0.4, 0.5) is 4.79 Å². The van der Waals surface area contributed by atoms with Gasteiger partial charge in [-0.3, -0.25) is 9.69 Å². The minimum absolute atomic E-state index is 0.0314. The van der Waals surface area contributed by atoms with Crippen LogP contribution in [-0.4, -0.2) is 59.7 Å². The van der Waals surface area contributed by atoms with E-state index in [4.69, 9.17) is 4.74 Å². The first-order chi connectivity index (χ1) is 9.86. The van der Waals surface area contributed by atoms with Crippen LogP contribution in [0.3, 0.4) is 0 Å². The van der Waals surface area contributed by atoms with Crippen molar-refractivity contribution in [2.75, 3.05) is 26.7 Å². The maximum Gasteiger partial charge on any atom is 0.327 e. The summed E-state index contributed by atoms with van der Waals surface area (Å²) < 4.78 is 5.52. The van der Waals surface area contributed by atoms with Gasteiger partial charge in [0.2, 0.25) is 5.91 Å². The average Bonchev–Trinajstić information content (AvgIpc) is 2.62. The number of aliphatic hydroxyl groups is 1. The van der Waals surface area contributed by atoms with Gasteiger partial charge in [0.25, 0.3) is 0 Å². The lowest BCUT2D eigenvalue weighted by atomic mass is 10.1. The molecule has 21 heavy (non-hydrogen) atoms. The first kappa shape index (κ1) is 15.3. The van der Waals surface area contributed by atoms with Crippen LogP contribution in [0.1, 0.15) is 11.1 Å². The second-order valence-corrected chi connectivity index (χ2v) is 5.43. The van der Waals surface area contributed by atoms with E-state index in [0.717, 1.165) is 16.0 Å². The Morgan fingerprint density at radius 1 is 1.24 bits per heavy atom. The molecule has 114 valence electrons. The highest BCUT2D eigenvalue weighted by atomic mass is 16.5. The molecule has 2 rings (SSSR count). The molecule has 1 N–H and O–H groups in total. The van der Waals surface area contributed by atoms with E-state index >= 15 is 0 Å². The van der Waals surface area contributed by atoms with E-state index in [1.807, 2.05) is 32.0 Å². The van der Waals surface area contributed by atoms with Crippen molar-refractivity contribution in [1.82, 2.24) is 9.80 Å². The number of ether oxygens (including phenoxy) is 1. The number of nitrogens with zero attached hydrogens (tertiary/aromatic N) is 2. The number of carbonyl (C=O) groups is 2. The Bertz CT molecular complexity index is 538. The SMILES string of the molecule is Cc1cc(C)cc(OC[C@H](O)CN2C(=O)CN(C)C2=O)c1. The molecule has 0 bridgehead atoms. The average molecular weight is 292 g/mol. The number of aliphatic hydroxyl groups excluding tert-OH is 1. The number of likely N-dealkylation sites (N-methyl/N-ethyl adjacent to an activating group) is 1. The lowest BCUT2D eigenvalue weighted by molar-refractivity contribution is -0.126. The van der Waals surface area contributed by atoms with Gasteiger partial charge in [-0.1, -0.05) is 6.07 Å². The summed E-state index contributed by atoms with van der Waals surface area (Å²) in [6, 6.07) is 5.39. The zero-order valence-corrected chi connectivity index (χ0v) is 12.5. The maximum absolute atomic E-state index is 11.7. The normalized spacial score (nSPS) is 16.6. The molecule has 0 radical (unpaired) electrons. The minimum atomic E-state index is -0.912. The second kappa shape index (κ2) is 6.13. The molecule has 6 heteroatoms. The molecule has 6 nitrogen and oxygen atoms in total. The van der Waals surface area contributed by atoms with Crippen molar-refractivity contribution in [2.45, 2.75) is 20.0 Å². The second-order valence-electron chi connectivity index (χ2n) is 5.43. The highest BCUT2D eigenvalue weighted by molar-refractivity contribution is 6.01. The first-order valence-electron chi connectivity index (χ1n) is 6.81. The topological polar surface area (TPSA) is 70.1 Å². The van der Waals surface area contributed by atoms with E-state index in [2.05, 4.69) is 0 Å². The van der Waals surface area contributed by atoms with Crippen molar-refractivity contribution in [3.8, 4) is 5.75 Å². The quantitative estimate of drug-likeness (QED) is 0.820. The third-order valence-corrected chi connectivity index (χ3v) is 3.26. The molecule has 0 aromatic heterocycles. The Labute approximate surface area is 123 Å². The van der Waals surface area contributed by atoms with Gasteiger partial charge in [-0.2, -0.15) is 0 Å². The number of carbonyl (C=O) groups excluding carboxylic acids is 2. The summed E-state index contributed by atoms with van der Waals surface area (Å²) >= 11 is 0. The highest BCUT2D eigenvalue weighted by Crippen LogP contribution is 2.16. The fourth-order valence-electron chi connectivity index (χ4n) is 2.32. The molecule has 1 fully saturated rings. The van der Waals surface area contributed by atoms with E-state index in [1.165, 1.54) is 4.90 Å². The third-order valence-electron chi connectivity index (χ3n) is 3.26. The van der Waals surface area contributed by atoms with Gasteiger partial charge in [0, 0.05) is 7.05 Å². The van der Waals surface area contributed by atoms with Gasteiger partial charge < -0.3 is 14.7 Å². The van der Waals surface area contributed by atoms with Gasteiger partial charge >= 0.3 is 6.03 Å². The lowest BCUT2D eigenvalue weighted by Gasteiger charge is -2.19. The molecule has 1 aliphatic rings. The van der Waals surface area contributed by atoms with Crippen molar-refractivity contribution in [3.05, 3.63) is 29.3 Å². The van der Waals surface area contributed by atoms with Crippen LogP contribution < -0.4 is 4.74 Å². The number of hydrogen-bond acceptors (Lipinski definition) is 4. The summed E-state index contributed by atoms with van der Waals surface area (Å²) in [6.45, 7) is 3.97. The molecular weight excluding hydrogens is 272 g/mol. The third kappa shape index (κ3) is 3.72. The Balaban J connectivity index is 1.89. The Kier molecular flexibility index (Phi) is 4.47. The summed E-state index contributed by atoms with van der Waals surface area (Å²) in [7, 11) is 1.55. The molecule has 1 aliphatic heterocycles. The molecular formula is C15H20N2O4. The summed E-state index contributed by atoms with van der Waals surface area (Å²) in [5.41, 5.74) is 2.15. The summed E-state index contributed by atoms with van der Waals surface area (Å²) in [5, 5.41) is 9.94. The zero-order valence-electron chi connectivity index (χ0n) is 12.5. The van der Waals surface area contributed by atoms with Gasteiger partial charge in [-0.05, 0) is 37.1 Å². The number of urea groups is 1. The van der Waals surface area contributed by atoms with Crippen LogP contribution in [0.15, 0.2) is 18.2 Å². The Morgan fingerprint density at radius 3 is 2.38 bits per heavy atom. The Morgan fingerprint density at radius 2 is 1.86 bits per heavy atom. The van der Waals surface area contributed by atoms with Gasteiger partial charge in [-0.25, -0.2) is 4.79 Å². The first-order valence-corrected chi connectivity index (χ1v) is 6.81. The van der Waals surface area contributed by atoms with Crippen molar-refractivity contribution in [3.63, 3.8) is 0 Å². The molecule has 1 aromatic rings. The van der Waals surface area contributed by atoms with Crippen LogP contribution in [-0.2, 0) is 4.79 Å². The summed E-state index contributed by atoms with van der Waals surface area (Å²) in [6.07, 6.45) is -0.912. The van der Waals surface area contributed by atoms with Crippen molar-refractivity contribution < 1.29 is 19.4 Å². The van der Waals surface area contributed by atoms with Crippen LogP contribution in [0, 0.1) is 13.8 Å². The molecule has 0 unspecified atom stereocenters. The van der Waals surface area contributed by atoms with Crippen molar-refractivity contribution in [1.29, 1.82) is 0 Å². The monoisotopic (exact) mass is 292 g/mol. The standard InChI is InChI=1S/C15H20N2O4/c1-10-4-11(2)6-13(5-10)21-9-12(18)7-17-14(19)8-16(3)15(17)20/h4-6,12,18H,7-9H2,1-3H3/t12-/m1/s1. The Hall–Kier alpha value is -2.08. The number of aryl methyl sites for hydroxylation is 2. The number of amides is 3. The molecule has 1 heterocycles. The zero-order chi connectivity index (χ0) is 15.6. The molecule has 1 aromatic carbocycles. The van der Waals surface area contributed by atoms with Crippen molar-refractivity contribution >= 4 is 11.9 Å². The van der Waals surface area contributed by atoms with Gasteiger partial charge in [0.1, 0.15) is 25.0 Å². The van der Waals surface area contributed by atoms with Gasteiger partial charge in [-0.15, -0.1) is 0 Å². The minimum Gasteiger partial charge on any atom is -0.491 e. The van der Waals surface area contributed by atoms with Crippen LogP contribution in [0.5, 0.6) is 5.75 Å². The number of hydrogen-bond donors (Lipinski definition) is 1. The van der Waals surface area contributed by atoms with Gasteiger partial charge in [0.05, 0.1) is 6.54 Å². The number of β-amino-alcohol motifs (C(OH)–C–C–N with tert-alkyl or cyclic N) is 1. The summed E-state index contributed by atoms with van der Waals surface area (Å²) in [5.74, 6) is 0.371. The fourth-order valence-corrected chi connectivity index (χ4v) is 2.32. The predicted octanol–water partition coefficient (Wildman–Crippen LogP) is 0.937. The molecule has 3 amide bonds. The van der Waals surface area contributed by atoms with E-state index in [1.54, 1.807) is 7.05 Å². The highest BCUT2D eigenvalue weighted by Gasteiger charge is 2.34.